The largest absolute Gasteiger partial charge is 0.462 e. The standard InChI is InChI=1S/C13H11F3N2O2/c1-2-20-12(19)9-7-17-18(8-9)11-6-4-3-5-10(11)13(14,15)16/h3-8H,2H2,1H3. The van der Waals surface area contributed by atoms with Gasteiger partial charge in [0.15, 0.2) is 0 Å². The second kappa shape index (κ2) is 5.36. The van der Waals surface area contributed by atoms with Crippen molar-refractivity contribution in [3.63, 3.8) is 0 Å². The van der Waals surface area contributed by atoms with Crippen molar-refractivity contribution in [3.8, 4) is 5.69 Å². The van der Waals surface area contributed by atoms with Gasteiger partial charge in [-0.25, -0.2) is 9.48 Å². The number of nitrogens with zero attached hydrogens (tertiary/aromatic N) is 2. The molecule has 0 aliphatic carbocycles. The highest BCUT2D eigenvalue weighted by molar-refractivity contribution is 5.88. The Labute approximate surface area is 112 Å². The number of hydrogen-bond donors (Lipinski definition) is 0. The summed E-state index contributed by atoms with van der Waals surface area (Å²) >= 11 is 0. The fourth-order valence-corrected chi connectivity index (χ4v) is 1.69. The number of aromatic nitrogens is 2. The second-order valence-electron chi connectivity index (χ2n) is 3.91. The molecule has 0 spiro atoms. The minimum absolute atomic E-state index is 0.101. The van der Waals surface area contributed by atoms with Gasteiger partial charge >= 0.3 is 12.1 Å². The molecular weight excluding hydrogens is 273 g/mol. The number of esters is 1. The summed E-state index contributed by atoms with van der Waals surface area (Å²) in [4.78, 5) is 11.5. The molecule has 1 heterocycles. The Kier molecular flexibility index (Phi) is 3.78. The van der Waals surface area contributed by atoms with E-state index in [1.54, 1.807) is 6.92 Å². The lowest BCUT2D eigenvalue weighted by Gasteiger charge is -2.12. The van der Waals surface area contributed by atoms with Crippen molar-refractivity contribution in [1.82, 2.24) is 9.78 Å². The van der Waals surface area contributed by atoms with Gasteiger partial charge in [-0.2, -0.15) is 18.3 Å². The molecule has 1 aromatic heterocycles. The Balaban J connectivity index is 2.41. The molecule has 20 heavy (non-hydrogen) atoms. The fraction of sp³-hybridized carbons (Fsp3) is 0.231. The molecule has 0 saturated carbocycles. The minimum Gasteiger partial charge on any atom is -0.462 e. The van der Waals surface area contributed by atoms with Gasteiger partial charge in [-0.3, -0.25) is 0 Å². The first-order valence-corrected chi connectivity index (χ1v) is 5.82. The topological polar surface area (TPSA) is 44.1 Å². The van der Waals surface area contributed by atoms with Crippen LogP contribution < -0.4 is 0 Å². The van der Waals surface area contributed by atoms with Gasteiger partial charge < -0.3 is 4.74 Å². The normalized spacial score (nSPS) is 11.4. The van der Waals surface area contributed by atoms with E-state index in [9.17, 15) is 18.0 Å². The van der Waals surface area contributed by atoms with Crippen LogP contribution in [0.1, 0.15) is 22.8 Å². The average Bonchev–Trinajstić information content (AvgIpc) is 2.87. The molecule has 2 rings (SSSR count). The molecule has 0 bridgehead atoms. The highest BCUT2D eigenvalue weighted by Gasteiger charge is 2.34. The Hall–Kier alpha value is -2.31. The van der Waals surface area contributed by atoms with Gasteiger partial charge in [0, 0.05) is 6.20 Å². The summed E-state index contributed by atoms with van der Waals surface area (Å²) in [7, 11) is 0. The van der Waals surface area contributed by atoms with Crippen LogP contribution >= 0.6 is 0 Å². The Bertz CT molecular complexity index is 620. The summed E-state index contributed by atoms with van der Waals surface area (Å²) < 4.78 is 44.4. The van der Waals surface area contributed by atoms with Crippen molar-refractivity contribution in [2.75, 3.05) is 6.61 Å². The van der Waals surface area contributed by atoms with Crippen LogP contribution in [-0.2, 0) is 10.9 Å². The number of para-hydroxylation sites is 1. The molecule has 106 valence electrons. The minimum atomic E-state index is -4.49. The van der Waals surface area contributed by atoms with Crippen LogP contribution in [0.5, 0.6) is 0 Å². The zero-order valence-electron chi connectivity index (χ0n) is 10.5. The van der Waals surface area contributed by atoms with Gasteiger partial charge in [-0.15, -0.1) is 0 Å². The number of hydrogen-bond acceptors (Lipinski definition) is 3. The number of carbonyl (C=O) groups is 1. The molecule has 0 fully saturated rings. The van der Waals surface area contributed by atoms with E-state index >= 15 is 0 Å². The van der Waals surface area contributed by atoms with E-state index in [4.69, 9.17) is 4.74 Å². The summed E-state index contributed by atoms with van der Waals surface area (Å²) in [6, 6.07) is 5.00. The molecule has 4 nitrogen and oxygen atoms in total. The highest BCUT2D eigenvalue weighted by Crippen LogP contribution is 2.33. The number of halogens is 3. The third-order valence-electron chi connectivity index (χ3n) is 2.55. The summed E-state index contributed by atoms with van der Waals surface area (Å²) in [5.74, 6) is -0.622. The van der Waals surface area contributed by atoms with Gasteiger partial charge in [-0.05, 0) is 19.1 Å². The maximum atomic E-state index is 12.9. The van der Waals surface area contributed by atoms with Crippen LogP contribution in [0.2, 0.25) is 0 Å². The van der Waals surface area contributed by atoms with Crippen molar-refractivity contribution in [1.29, 1.82) is 0 Å². The molecule has 0 atom stereocenters. The molecule has 0 aliphatic rings. The first-order valence-electron chi connectivity index (χ1n) is 5.82. The van der Waals surface area contributed by atoms with Gasteiger partial charge in [0.25, 0.3) is 0 Å². The van der Waals surface area contributed by atoms with Crippen LogP contribution in [0.25, 0.3) is 5.69 Å². The highest BCUT2D eigenvalue weighted by atomic mass is 19.4. The molecule has 0 N–H and O–H groups in total. The predicted octanol–water partition coefficient (Wildman–Crippen LogP) is 3.07. The molecule has 2 aromatic rings. The summed E-state index contributed by atoms with van der Waals surface area (Å²) in [5.41, 5.74) is -0.863. The molecule has 0 unspecified atom stereocenters. The molecular formula is C13H11F3N2O2. The Morgan fingerprint density at radius 3 is 2.70 bits per heavy atom. The fourth-order valence-electron chi connectivity index (χ4n) is 1.69. The van der Waals surface area contributed by atoms with Gasteiger partial charge in [0.2, 0.25) is 0 Å². The lowest BCUT2D eigenvalue weighted by Crippen LogP contribution is -2.11. The van der Waals surface area contributed by atoms with Gasteiger partial charge in [0.1, 0.15) is 0 Å². The van der Waals surface area contributed by atoms with Crippen molar-refractivity contribution in [2.45, 2.75) is 13.1 Å². The average molecular weight is 284 g/mol. The Morgan fingerprint density at radius 1 is 1.35 bits per heavy atom. The second-order valence-corrected chi connectivity index (χ2v) is 3.91. The van der Waals surface area contributed by atoms with E-state index in [-0.39, 0.29) is 17.9 Å². The third kappa shape index (κ3) is 2.81. The number of benzene rings is 1. The van der Waals surface area contributed by atoms with Crippen molar-refractivity contribution in [2.24, 2.45) is 0 Å². The van der Waals surface area contributed by atoms with E-state index < -0.39 is 17.7 Å². The van der Waals surface area contributed by atoms with Crippen molar-refractivity contribution in [3.05, 3.63) is 47.8 Å². The lowest BCUT2D eigenvalue weighted by atomic mass is 10.1. The molecule has 0 saturated heterocycles. The molecule has 0 radical (unpaired) electrons. The molecule has 1 aromatic carbocycles. The van der Waals surface area contributed by atoms with E-state index in [0.717, 1.165) is 10.7 Å². The third-order valence-corrected chi connectivity index (χ3v) is 2.55. The van der Waals surface area contributed by atoms with Gasteiger partial charge in [-0.1, -0.05) is 12.1 Å². The van der Waals surface area contributed by atoms with Crippen LogP contribution in [0.4, 0.5) is 13.2 Å². The van der Waals surface area contributed by atoms with Crippen LogP contribution in [0.15, 0.2) is 36.7 Å². The van der Waals surface area contributed by atoms with Crippen LogP contribution in [0.3, 0.4) is 0 Å². The number of alkyl halides is 3. The SMILES string of the molecule is CCOC(=O)c1cnn(-c2ccccc2C(F)(F)F)c1. The number of ether oxygens (including phenoxy) is 1. The van der Waals surface area contributed by atoms with Crippen LogP contribution in [-0.4, -0.2) is 22.4 Å². The van der Waals surface area contributed by atoms with Gasteiger partial charge in [0.05, 0.1) is 29.6 Å². The Morgan fingerprint density at radius 2 is 2.05 bits per heavy atom. The first kappa shape index (κ1) is 14.1. The number of rotatable bonds is 3. The predicted molar refractivity (Wildman–Crippen MR) is 64.5 cm³/mol. The van der Waals surface area contributed by atoms with Crippen LogP contribution in [0, 0.1) is 0 Å². The van der Waals surface area contributed by atoms with Crippen molar-refractivity contribution < 1.29 is 22.7 Å². The summed E-state index contributed by atoms with van der Waals surface area (Å²) in [6.45, 7) is 1.82. The smallest absolute Gasteiger partial charge is 0.418 e. The molecule has 7 heteroatoms. The van der Waals surface area contributed by atoms with E-state index in [1.165, 1.54) is 30.6 Å². The monoisotopic (exact) mass is 284 g/mol. The molecule has 0 amide bonds. The van der Waals surface area contributed by atoms with E-state index in [2.05, 4.69) is 5.10 Å². The summed E-state index contributed by atoms with van der Waals surface area (Å²) in [5, 5.41) is 3.78. The van der Waals surface area contributed by atoms with E-state index in [1.807, 2.05) is 0 Å². The maximum Gasteiger partial charge on any atom is 0.418 e. The zero-order chi connectivity index (χ0) is 14.8. The lowest BCUT2D eigenvalue weighted by molar-refractivity contribution is -0.137. The van der Waals surface area contributed by atoms with Crippen molar-refractivity contribution >= 4 is 5.97 Å². The maximum absolute atomic E-state index is 12.9. The quantitative estimate of drug-likeness (QED) is 0.814. The molecule has 0 aliphatic heterocycles. The van der Waals surface area contributed by atoms with E-state index in [0.29, 0.717) is 0 Å². The zero-order valence-corrected chi connectivity index (χ0v) is 10.5. The number of carbonyl (C=O) groups excluding carboxylic acids is 1. The summed E-state index contributed by atoms with van der Waals surface area (Å²) in [6.07, 6.45) is -2.11. The first-order chi connectivity index (χ1) is 9.43.